The number of aliphatic hydroxyl groups is 2. The number of aliphatic hydroxyl groups excluding tert-OH is 2. The number of benzene rings is 1. The number of Topliss-reactive ketones (excluding diaryl/α,β-unsaturated/α-hetero) is 1. The van der Waals surface area contributed by atoms with Gasteiger partial charge in [0.1, 0.15) is 54.2 Å². The molecule has 3 fully saturated rings. The van der Waals surface area contributed by atoms with E-state index in [9.17, 15) is 53.4 Å². The average molecular weight is 1130 g/mol. The van der Waals surface area contributed by atoms with Crippen molar-refractivity contribution in [3.63, 3.8) is 0 Å². The maximum absolute atomic E-state index is 15.0. The molecular weight excluding hydrogens is 1040 g/mol. The predicted octanol–water partition coefficient (Wildman–Crippen LogP) is 1.90. The Balaban J connectivity index is 1.91. The zero-order chi connectivity index (χ0) is 60.2. The molecule has 3 saturated heterocycles. The monoisotopic (exact) mass is 1130 g/mol. The fourth-order valence-corrected chi connectivity index (χ4v) is 10.7. The standard InChI is InChI=1S/C57H90N8O15/c1-15-33(8)46-44(67)29-45(68)80-49(32(6)7)48(69)34(9)52(72)65(58)42(27-31(4)5)56(76)64-25-17-19-40(64)55(75)62(13)43(28-37-20-22-38(78-14)23-21-37)57(77)79-36(11)47(51(71)59-46)60-50(70)41(26-30(2)3)61(12)54(74)39-18-16-24-63(39)53(73)35(10)66/h20-23,30-36,39-44,46-47,49,66-67H,15-19,24-29,58H2,1-14H3,(H,59,71)(H,60,70)/t33-,34-,35-,36+,39-,40-,41+,42-,43-,44-,46-,47-,49-/m0/s1. The number of nitrogens with two attached hydrogens (primary N) is 1. The number of likely N-dealkylation sites (N-methyl/N-ethyl adjacent to an activating group) is 2. The maximum Gasteiger partial charge on any atom is 0.329 e. The van der Waals surface area contributed by atoms with Crippen LogP contribution in [0.15, 0.2) is 24.3 Å². The third-order valence-corrected chi connectivity index (χ3v) is 15.7. The summed E-state index contributed by atoms with van der Waals surface area (Å²) in [4.78, 5) is 149. The van der Waals surface area contributed by atoms with Gasteiger partial charge in [0, 0.05) is 33.6 Å². The molecule has 448 valence electrons. The van der Waals surface area contributed by atoms with Crippen LogP contribution in [0.5, 0.6) is 5.75 Å². The molecule has 1 aromatic rings. The van der Waals surface area contributed by atoms with Crippen LogP contribution in [0.25, 0.3) is 0 Å². The van der Waals surface area contributed by atoms with Crippen LogP contribution in [-0.4, -0.2) is 195 Å². The minimum atomic E-state index is -1.78. The molecule has 3 aliphatic rings. The lowest BCUT2D eigenvalue weighted by Gasteiger charge is -2.37. The summed E-state index contributed by atoms with van der Waals surface area (Å²) in [6.07, 6.45) is -5.33. The van der Waals surface area contributed by atoms with Gasteiger partial charge >= 0.3 is 11.9 Å². The van der Waals surface area contributed by atoms with E-state index in [0.29, 0.717) is 35.6 Å². The fourth-order valence-electron chi connectivity index (χ4n) is 10.7. The van der Waals surface area contributed by atoms with Crippen LogP contribution in [0.1, 0.15) is 133 Å². The first-order valence-electron chi connectivity index (χ1n) is 28.2. The van der Waals surface area contributed by atoms with Crippen LogP contribution in [0.2, 0.25) is 0 Å². The van der Waals surface area contributed by atoms with Crippen LogP contribution in [0, 0.1) is 29.6 Å². The molecule has 6 N–H and O–H groups in total. The molecule has 0 unspecified atom stereocenters. The summed E-state index contributed by atoms with van der Waals surface area (Å²) in [7, 11) is 4.27. The second kappa shape index (κ2) is 29.5. The Hall–Kier alpha value is -6.20. The number of hydrogen-bond donors (Lipinski definition) is 5. The zero-order valence-electron chi connectivity index (χ0n) is 49.3. The number of carbonyl (C=O) groups excluding carboxylic acids is 10. The second-order valence-corrected chi connectivity index (χ2v) is 23.2. The number of hydrogen-bond acceptors (Lipinski definition) is 16. The van der Waals surface area contributed by atoms with Crippen LogP contribution >= 0.6 is 0 Å². The smallest absolute Gasteiger partial charge is 0.329 e. The molecular formula is C57H90N8O15. The van der Waals surface area contributed by atoms with Crippen LogP contribution in [0.3, 0.4) is 0 Å². The van der Waals surface area contributed by atoms with Crippen LogP contribution in [-0.2, 0) is 63.8 Å². The number of ketones is 1. The van der Waals surface area contributed by atoms with Crippen molar-refractivity contribution in [2.24, 2.45) is 35.4 Å². The maximum atomic E-state index is 15.0. The Morgan fingerprint density at radius 2 is 1.50 bits per heavy atom. The Morgan fingerprint density at radius 1 is 0.875 bits per heavy atom. The molecule has 0 saturated carbocycles. The Labute approximate surface area is 471 Å². The highest BCUT2D eigenvalue weighted by Gasteiger charge is 2.47. The highest BCUT2D eigenvalue weighted by molar-refractivity contribution is 6.05. The molecule has 0 aromatic heterocycles. The Bertz CT molecular complexity index is 2370. The first kappa shape index (κ1) is 66.3. The lowest BCUT2D eigenvalue weighted by atomic mass is 9.91. The number of amides is 7. The molecule has 3 heterocycles. The zero-order valence-corrected chi connectivity index (χ0v) is 49.3. The summed E-state index contributed by atoms with van der Waals surface area (Å²) in [6.45, 7) is 18.2. The molecule has 3 aliphatic heterocycles. The van der Waals surface area contributed by atoms with Gasteiger partial charge in [0.2, 0.25) is 35.4 Å². The van der Waals surface area contributed by atoms with E-state index in [1.54, 1.807) is 52.0 Å². The predicted molar refractivity (Wildman–Crippen MR) is 293 cm³/mol. The first-order chi connectivity index (χ1) is 37.5. The molecule has 1 aromatic carbocycles. The van der Waals surface area contributed by atoms with Crippen molar-refractivity contribution in [1.82, 2.24) is 35.2 Å². The van der Waals surface area contributed by atoms with E-state index in [1.165, 1.54) is 56.7 Å². The van der Waals surface area contributed by atoms with Crippen LogP contribution < -0.4 is 21.2 Å². The molecule has 0 spiro atoms. The van der Waals surface area contributed by atoms with E-state index < -0.39 is 150 Å². The van der Waals surface area contributed by atoms with E-state index in [0.717, 1.165) is 4.90 Å². The number of cyclic esters (lactones) is 2. The molecule has 4 rings (SSSR count). The summed E-state index contributed by atoms with van der Waals surface area (Å²) in [6, 6.07) is -2.52. The topological polar surface area (TPSA) is 305 Å². The van der Waals surface area contributed by atoms with Crippen molar-refractivity contribution in [3.8, 4) is 5.75 Å². The number of carbonyl (C=O) groups is 10. The average Bonchev–Trinajstić information content (AvgIpc) is 4.12. The van der Waals surface area contributed by atoms with E-state index in [1.807, 2.05) is 27.7 Å². The normalized spacial score (nSPS) is 27.6. The molecule has 80 heavy (non-hydrogen) atoms. The lowest BCUT2D eigenvalue weighted by molar-refractivity contribution is -0.164. The molecule has 23 heteroatoms. The number of hydrazine groups is 1. The van der Waals surface area contributed by atoms with Gasteiger partial charge in [0.25, 0.3) is 5.91 Å². The second-order valence-electron chi connectivity index (χ2n) is 23.2. The van der Waals surface area contributed by atoms with E-state index in [-0.39, 0.29) is 57.0 Å². The third-order valence-electron chi connectivity index (χ3n) is 15.7. The molecule has 0 aliphatic carbocycles. The van der Waals surface area contributed by atoms with Gasteiger partial charge in [0.15, 0.2) is 11.9 Å². The van der Waals surface area contributed by atoms with Gasteiger partial charge in [-0.2, -0.15) is 0 Å². The number of nitrogens with zero attached hydrogens (tertiary/aromatic N) is 5. The van der Waals surface area contributed by atoms with Crippen molar-refractivity contribution in [2.75, 3.05) is 34.3 Å². The highest BCUT2D eigenvalue weighted by Crippen LogP contribution is 2.28. The summed E-state index contributed by atoms with van der Waals surface area (Å²) in [5, 5.41) is 28.2. The van der Waals surface area contributed by atoms with E-state index in [4.69, 9.17) is 20.1 Å². The number of nitrogens with one attached hydrogen (secondary N) is 2. The van der Waals surface area contributed by atoms with Gasteiger partial charge in [-0.15, -0.1) is 0 Å². The number of rotatable bonds is 15. The Kier molecular flexibility index (Phi) is 24.4. The minimum absolute atomic E-state index is 0.0384. The van der Waals surface area contributed by atoms with Gasteiger partial charge < -0.3 is 54.7 Å². The van der Waals surface area contributed by atoms with E-state index in [2.05, 4.69) is 10.6 Å². The summed E-state index contributed by atoms with van der Waals surface area (Å²) >= 11 is 0. The largest absolute Gasteiger partial charge is 0.497 e. The summed E-state index contributed by atoms with van der Waals surface area (Å²) < 4.78 is 17.2. The highest BCUT2D eigenvalue weighted by atomic mass is 16.6. The molecule has 23 nitrogen and oxygen atoms in total. The number of ether oxygens (including phenoxy) is 3. The van der Waals surface area contributed by atoms with Gasteiger partial charge in [0.05, 0.1) is 31.6 Å². The van der Waals surface area contributed by atoms with Crippen molar-refractivity contribution in [3.05, 3.63) is 29.8 Å². The van der Waals surface area contributed by atoms with Crippen molar-refractivity contribution in [2.45, 2.75) is 201 Å². The number of esters is 2. The van der Waals surface area contributed by atoms with Crippen molar-refractivity contribution < 1.29 is 72.4 Å². The minimum Gasteiger partial charge on any atom is -0.497 e. The van der Waals surface area contributed by atoms with Crippen LogP contribution in [0.4, 0.5) is 0 Å². The molecule has 13 atom stereocenters. The van der Waals surface area contributed by atoms with E-state index >= 15 is 4.79 Å². The SMILES string of the molecule is CC[C@H](C)[C@@H]1NC(=O)[C@@H](NC(=O)[C@@H](CC(C)C)N(C)C(=O)[C@@H]2CCCN2C(=O)[C@H](C)O)[C@@H](C)OC(=O)[C@H](Cc2ccc(OC)cc2)N(C)C(=O)[C@@H]2CCCN2C(=O)[C@H](CC(C)C)N(N)C(=O)[C@@H](C)C(=O)[C@H](C(C)C)OC(=O)C[C@@H]1O. The lowest BCUT2D eigenvalue weighted by Crippen LogP contribution is -2.62. The van der Waals surface area contributed by atoms with Gasteiger partial charge in [-0.25, -0.2) is 10.6 Å². The van der Waals surface area contributed by atoms with Gasteiger partial charge in [-0.1, -0.05) is 73.9 Å². The van der Waals surface area contributed by atoms with Gasteiger partial charge in [-0.05, 0) is 101 Å². The summed E-state index contributed by atoms with van der Waals surface area (Å²) in [5.41, 5.74) is 0.557. The quantitative estimate of drug-likeness (QED) is 0.0725. The molecule has 0 radical (unpaired) electrons. The van der Waals surface area contributed by atoms with Gasteiger partial charge in [-0.3, -0.25) is 48.2 Å². The molecule has 7 amide bonds. The number of likely N-dealkylation sites (tertiary alicyclic amines) is 1. The van der Waals surface area contributed by atoms with Crippen molar-refractivity contribution >= 4 is 59.1 Å². The first-order valence-corrected chi connectivity index (χ1v) is 28.2. The fraction of sp³-hybridized carbons (Fsp3) is 0.719. The number of fused-ring (bicyclic) bond motifs is 1. The molecule has 0 bridgehead atoms. The number of methoxy groups -OCH3 is 1. The third kappa shape index (κ3) is 16.5. The summed E-state index contributed by atoms with van der Waals surface area (Å²) in [5.74, 6) is -4.39. The Morgan fingerprint density at radius 3 is 2.06 bits per heavy atom. The van der Waals surface area contributed by atoms with Crippen molar-refractivity contribution in [1.29, 1.82) is 0 Å².